The number of nitrogens with zero attached hydrogens (tertiary/aromatic N) is 1. The molecule has 0 aliphatic carbocycles. The number of rotatable bonds is 5. The summed E-state index contributed by atoms with van der Waals surface area (Å²) in [7, 11) is 0. The molecule has 0 radical (unpaired) electrons. The van der Waals surface area contributed by atoms with Gasteiger partial charge in [-0.25, -0.2) is 22.9 Å². The van der Waals surface area contributed by atoms with Crippen molar-refractivity contribution in [1.29, 1.82) is 0 Å². The first-order valence-electron chi connectivity index (χ1n) is 7.83. The highest BCUT2D eigenvalue weighted by molar-refractivity contribution is 5.95. The summed E-state index contributed by atoms with van der Waals surface area (Å²) in [6.07, 6.45) is 0.846. The predicted molar refractivity (Wildman–Crippen MR) is 94.5 cm³/mol. The fraction of sp³-hybridized carbons (Fsp3) is 0.0526. The largest absolute Gasteiger partial charge is 0.478 e. The number of nitrogen functional groups attached to an aromatic ring is 1. The number of anilines is 3. The highest BCUT2D eigenvalue weighted by Crippen LogP contribution is 2.30. The van der Waals surface area contributed by atoms with E-state index in [4.69, 9.17) is 5.73 Å². The Balaban J connectivity index is 2.07. The summed E-state index contributed by atoms with van der Waals surface area (Å²) in [5, 5.41) is 12.0. The third-order valence-corrected chi connectivity index (χ3v) is 3.93. The number of hydrogen-bond acceptors (Lipinski definition) is 4. The van der Waals surface area contributed by atoms with Crippen molar-refractivity contribution in [2.45, 2.75) is 6.42 Å². The van der Waals surface area contributed by atoms with Crippen molar-refractivity contribution < 1.29 is 23.1 Å². The maximum atomic E-state index is 14.6. The zero-order valence-corrected chi connectivity index (χ0v) is 13.8. The summed E-state index contributed by atoms with van der Waals surface area (Å²) < 4.78 is 43.2. The number of nitrogens with two attached hydrogens (primary N) is 1. The molecule has 0 atom stereocenters. The molecule has 0 aliphatic heterocycles. The lowest BCUT2D eigenvalue weighted by atomic mass is 10.00. The number of carboxylic acids is 1. The Morgan fingerprint density at radius 1 is 1.04 bits per heavy atom. The van der Waals surface area contributed by atoms with Gasteiger partial charge in [-0.15, -0.1) is 0 Å². The van der Waals surface area contributed by atoms with Crippen molar-refractivity contribution >= 4 is 23.2 Å². The zero-order valence-electron chi connectivity index (χ0n) is 13.8. The van der Waals surface area contributed by atoms with E-state index in [-0.39, 0.29) is 23.4 Å². The first-order chi connectivity index (χ1) is 12.9. The van der Waals surface area contributed by atoms with E-state index in [9.17, 15) is 23.1 Å². The Hall–Kier alpha value is -3.55. The number of aromatic nitrogens is 1. The molecule has 0 aliphatic rings. The van der Waals surface area contributed by atoms with Crippen LogP contribution in [0.25, 0.3) is 0 Å². The van der Waals surface area contributed by atoms with Crippen LogP contribution in [0.3, 0.4) is 0 Å². The standard InChI is InChI=1S/C19H14F3N3O2/c20-14-11(8-10-6-7-24-18(23)15(10)21)9-13(19(26)27)17(16(14)22)25-12-4-2-1-3-5-12/h1-7,9,25H,8H2,(H2,23,24)(H,26,27). The zero-order chi connectivity index (χ0) is 19.6. The summed E-state index contributed by atoms with van der Waals surface area (Å²) in [5.74, 6) is -5.33. The summed E-state index contributed by atoms with van der Waals surface area (Å²) in [6.45, 7) is 0. The maximum absolute atomic E-state index is 14.6. The minimum Gasteiger partial charge on any atom is -0.478 e. The Morgan fingerprint density at radius 3 is 2.41 bits per heavy atom. The van der Waals surface area contributed by atoms with Crippen LogP contribution in [-0.2, 0) is 6.42 Å². The van der Waals surface area contributed by atoms with Crippen LogP contribution in [-0.4, -0.2) is 16.1 Å². The number of para-hydroxylation sites is 1. The highest BCUT2D eigenvalue weighted by atomic mass is 19.2. The molecule has 0 spiro atoms. The van der Waals surface area contributed by atoms with Gasteiger partial charge in [-0.05, 0) is 35.4 Å². The molecule has 3 rings (SSSR count). The van der Waals surface area contributed by atoms with Gasteiger partial charge in [0.25, 0.3) is 0 Å². The SMILES string of the molecule is Nc1nccc(Cc2cc(C(=O)O)c(Nc3ccccc3)c(F)c2F)c1F. The first kappa shape index (κ1) is 18.2. The van der Waals surface area contributed by atoms with Gasteiger partial charge in [0.05, 0.1) is 11.3 Å². The number of nitrogens with one attached hydrogen (secondary N) is 1. The van der Waals surface area contributed by atoms with Crippen LogP contribution in [0.2, 0.25) is 0 Å². The van der Waals surface area contributed by atoms with E-state index in [0.29, 0.717) is 5.69 Å². The fourth-order valence-electron chi connectivity index (χ4n) is 2.61. The summed E-state index contributed by atoms with van der Waals surface area (Å²) >= 11 is 0. The molecular formula is C19H14F3N3O2. The average molecular weight is 373 g/mol. The summed E-state index contributed by atoms with van der Waals surface area (Å²) in [4.78, 5) is 15.1. The smallest absolute Gasteiger partial charge is 0.337 e. The first-order valence-corrected chi connectivity index (χ1v) is 7.83. The van der Waals surface area contributed by atoms with Gasteiger partial charge in [-0.1, -0.05) is 18.2 Å². The number of benzene rings is 2. The molecule has 2 aromatic carbocycles. The van der Waals surface area contributed by atoms with Crippen molar-refractivity contribution in [2.75, 3.05) is 11.1 Å². The van der Waals surface area contributed by atoms with Crippen molar-refractivity contribution in [1.82, 2.24) is 4.98 Å². The topological polar surface area (TPSA) is 88.2 Å². The molecule has 0 saturated heterocycles. The lowest BCUT2D eigenvalue weighted by Gasteiger charge is -2.14. The molecule has 0 saturated carbocycles. The van der Waals surface area contributed by atoms with Gasteiger partial charge >= 0.3 is 5.97 Å². The Morgan fingerprint density at radius 2 is 1.74 bits per heavy atom. The second-order valence-electron chi connectivity index (χ2n) is 5.73. The quantitative estimate of drug-likeness (QED) is 0.626. The van der Waals surface area contributed by atoms with E-state index in [1.54, 1.807) is 30.3 Å². The molecule has 4 N–H and O–H groups in total. The van der Waals surface area contributed by atoms with Crippen LogP contribution in [0, 0.1) is 17.5 Å². The van der Waals surface area contributed by atoms with Crippen LogP contribution >= 0.6 is 0 Å². The number of hydrogen-bond donors (Lipinski definition) is 3. The molecule has 0 bridgehead atoms. The number of carboxylic acid groups (broad SMARTS) is 1. The van der Waals surface area contributed by atoms with E-state index in [1.165, 1.54) is 12.3 Å². The van der Waals surface area contributed by atoms with Crippen molar-refractivity contribution in [3.05, 3.63) is 82.8 Å². The monoisotopic (exact) mass is 373 g/mol. The third kappa shape index (κ3) is 3.69. The molecule has 1 heterocycles. The molecule has 1 aromatic heterocycles. The number of aromatic carboxylic acids is 1. The molecule has 8 heteroatoms. The average Bonchev–Trinajstić information content (AvgIpc) is 2.65. The molecule has 3 aromatic rings. The van der Waals surface area contributed by atoms with Crippen LogP contribution in [0.15, 0.2) is 48.7 Å². The Bertz CT molecular complexity index is 1010. The molecule has 27 heavy (non-hydrogen) atoms. The lowest BCUT2D eigenvalue weighted by Crippen LogP contribution is -2.10. The van der Waals surface area contributed by atoms with Gasteiger partial charge < -0.3 is 16.2 Å². The molecule has 0 amide bonds. The van der Waals surface area contributed by atoms with Crippen molar-refractivity contribution in [2.24, 2.45) is 0 Å². The van der Waals surface area contributed by atoms with Crippen LogP contribution in [0.1, 0.15) is 21.5 Å². The highest BCUT2D eigenvalue weighted by Gasteiger charge is 2.23. The Kier molecular flexibility index (Phi) is 4.98. The van der Waals surface area contributed by atoms with Crippen molar-refractivity contribution in [3.63, 3.8) is 0 Å². The molecule has 0 unspecified atom stereocenters. The van der Waals surface area contributed by atoms with Gasteiger partial charge in [-0.2, -0.15) is 0 Å². The summed E-state index contributed by atoms with van der Waals surface area (Å²) in [5.41, 5.74) is 4.44. The molecule has 138 valence electrons. The Labute approximate surface area is 152 Å². The van der Waals surface area contributed by atoms with E-state index in [1.807, 2.05) is 0 Å². The molecule has 5 nitrogen and oxygen atoms in total. The number of halogens is 3. The number of carbonyl (C=O) groups is 1. The van der Waals surface area contributed by atoms with Crippen LogP contribution in [0.5, 0.6) is 0 Å². The van der Waals surface area contributed by atoms with Crippen molar-refractivity contribution in [3.8, 4) is 0 Å². The second-order valence-corrected chi connectivity index (χ2v) is 5.73. The maximum Gasteiger partial charge on any atom is 0.337 e. The van der Waals surface area contributed by atoms with E-state index in [0.717, 1.165) is 6.07 Å². The van der Waals surface area contributed by atoms with Gasteiger partial charge in [0, 0.05) is 18.3 Å². The molecule has 0 fully saturated rings. The van der Waals surface area contributed by atoms with E-state index < -0.39 is 34.7 Å². The molecular weight excluding hydrogens is 359 g/mol. The van der Waals surface area contributed by atoms with E-state index in [2.05, 4.69) is 10.3 Å². The second kappa shape index (κ2) is 7.36. The van der Waals surface area contributed by atoms with Gasteiger partial charge in [0.15, 0.2) is 23.3 Å². The summed E-state index contributed by atoms with van der Waals surface area (Å²) in [6, 6.07) is 10.4. The van der Waals surface area contributed by atoms with Gasteiger partial charge in [0.1, 0.15) is 0 Å². The third-order valence-electron chi connectivity index (χ3n) is 3.93. The van der Waals surface area contributed by atoms with Gasteiger partial charge in [0.2, 0.25) is 0 Å². The number of pyridine rings is 1. The minimum atomic E-state index is -1.46. The van der Waals surface area contributed by atoms with E-state index >= 15 is 0 Å². The predicted octanol–water partition coefficient (Wildman–Crippen LogP) is 4.11. The minimum absolute atomic E-state index is 0.0269. The normalized spacial score (nSPS) is 10.6. The van der Waals surface area contributed by atoms with Gasteiger partial charge in [-0.3, -0.25) is 0 Å². The lowest BCUT2D eigenvalue weighted by molar-refractivity contribution is 0.0697. The van der Waals surface area contributed by atoms with Crippen LogP contribution < -0.4 is 11.1 Å². The van der Waals surface area contributed by atoms with Crippen LogP contribution in [0.4, 0.5) is 30.4 Å². The fourth-order valence-corrected chi connectivity index (χ4v) is 2.61.